The topological polar surface area (TPSA) is 118 Å². The molecule has 4 aromatic rings. The molecule has 0 unspecified atom stereocenters. The van der Waals surface area contributed by atoms with Crippen LogP contribution < -0.4 is 5.32 Å². The van der Waals surface area contributed by atoms with Gasteiger partial charge >= 0.3 is 0 Å². The lowest BCUT2D eigenvalue weighted by molar-refractivity contribution is 0.102. The minimum absolute atomic E-state index is 0.00617. The summed E-state index contributed by atoms with van der Waals surface area (Å²) in [5.41, 5.74) is 1.77. The van der Waals surface area contributed by atoms with Crippen molar-refractivity contribution >= 4 is 34.1 Å². The highest BCUT2D eigenvalue weighted by Crippen LogP contribution is 2.28. The van der Waals surface area contributed by atoms with Gasteiger partial charge in [-0.3, -0.25) is 10.1 Å². The Labute approximate surface area is 157 Å². The number of hydrogen-bond donors (Lipinski definition) is 2. The molecular formula is C19H10N6OS. The van der Waals surface area contributed by atoms with Crippen LogP contribution in [0.2, 0.25) is 0 Å². The van der Waals surface area contributed by atoms with Crippen LogP contribution in [0.5, 0.6) is 0 Å². The van der Waals surface area contributed by atoms with Gasteiger partial charge in [0.2, 0.25) is 5.95 Å². The smallest absolute Gasteiger partial charge is 0.258 e. The first-order valence-corrected chi connectivity index (χ1v) is 8.73. The van der Waals surface area contributed by atoms with Crippen LogP contribution >= 0.6 is 11.3 Å². The van der Waals surface area contributed by atoms with Crippen molar-refractivity contribution in [3.63, 3.8) is 0 Å². The number of thiophene rings is 1. The van der Waals surface area contributed by atoms with E-state index >= 15 is 0 Å². The van der Waals surface area contributed by atoms with Gasteiger partial charge in [-0.2, -0.15) is 10.5 Å². The second-order valence-electron chi connectivity index (χ2n) is 5.54. The number of pyridine rings is 1. The summed E-state index contributed by atoms with van der Waals surface area (Å²) in [5.74, 6) is -0.360. The highest BCUT2D eigenvalue weighted by atomic mass is 32.1. The number of fused-ring (bicyclic) bond motifs is 1. The summed E-state index contributed by atoms with van der Waals surface area (Å²) in [5, 5.41) is 23.3. The molecule has 3 heterocycles. The van der Waals surface area contributed by atoms with Gasteiger partial charge in [-0.05, 0) is 23.6 Å². The van der Waals surface area contributed by atoms with E-state index in [0.717, 1.165) is 4.88 Å². The van der Waals surface area contributed by atoms with E-state index in [1.165, 1.54) is 11.3 Å². The zero-order valence-electron chi connectivity index (χ0n) is 13.7. The Hall–Kier alpha value is -4.01. The summed E-state index contributed by atoms with van der Waals surface area (Å²) in [6, 6.07) is 16.6. The van der Waals surface area contributed by atoms with Gasteiger partial charge in [0.1, 0.15) is 12.1 Å². The molecule has 0 radical (unpaired) electrons. The van der Waals surface area contributed by atoms with Gasteiger partial charge in [0.05, 0.1) is 21.7 Å². The maximum Gasteiger partial charge on any atom is 0.258 e. The number of H-pyrrole nitrogens is 1. The Kier molecular flexibility index (Phi) is 4.09. The fraction of sp³-hybridized carbons (Fsp3) is 0. The van der Waals surface area contributed by atoms with E-state index in [1.54, 1.807) is 6.07 Å². The highest BCUT2D eigenvalue weighted by Gasteiger charge is 2.17. The average Bonchev–Trinajstić information content (AvgIpc) is 3.36. The summed E-state index contributed by atoms with van der Waals surface area (Å²) in [6.45, 7) is 0. The van der Waals surface area contributed by atoms with Crippen LogP contribution in [-0.2, 0) is 0 Å². The van der Waals surface area contributed by atoms with E-state index in [1.807, 2.05) is 53.9 Å². The largest absolute Gasteiger partial charge is 0.314 e. The summed E-state index contributed by atoms with van der Waals surface area (Å²) in [7, 11) is 0. The number of benzene rings is 1. The normalized spacial score (nSPS) is 10.3. The Morgan fingerprint density at radius 3 is 2.67 bits per heavy atom. The van der Waals surface area contributed by atoms with E-state index in [4.69, 9.17) is 10.5 Å². The number of nitrogens with one attached hydrogen (secondary N) is 2. The number of nitrogens with zero attached hydrogens (tertiary/aromatic N) is 4. The Balaban J connectivity index is 1.78. The molecule has 8 heteroatoms. The van der Waals surface area contributed by atoms with Crippen LogP contribution in [0.25, 0.3) is 21.5 Å². The first-order valence-electron chi connectivity index (χ1n) is 7.85. The highest BCUT2D eigenvalue weighted by molar-refractivity contribution is 7.13. The van der Waals surface area contributed by atoms with Crippen LogP contribution in [-0.4, -0.2) is 20.9 Å². The molecule has 7 nitrogen and oxygen atoms in total. The molecule has 0 spiro atoms. The predicted octanol–water partition coefficient (Wildman–Crippen LogP) is 3.68. The minimum atomic E-state index is -0.408. The molecule has 2 N–H and O–H groups in total. The molecule has 0 fully saturated rings. The summed E-state index contributed by atoms with van der Waals surface area (Å²) >= 11 is 1.54. The molecule has 0 atom stereocenters. The zero-order valence-corrected chi connectivity index (χ0v) is 14.5. The standard InChI is InChI=1S/C19H10N6OS/c20-9-15-16(10-21)24-19(23-15)25-18(26)12-8-14(17-6-3-7-27-17)22-13-5-2-1-4-11(12)13/h1-8H,(H2,23,24,25,26). The van der Waals surface area contributed by atoms with Gasteiger partial charge in [-0.15, -0.1) is 11.3 Å². The lowest BCUT2D eigenvalue weighted by Crippen LogP contribution is -2.14. The van der Waals surface area contributed by atoms with Crippen molar-refractivity contribution in [2.24, 2.45) is 0 Å². The van der Waals surface area contributed by atoms with Crippen molar-refractivity contribution in [2.45, 2.75) is 0 Å². The minimum Gasteiger partial charge on any atom is -0.314 e. The molecule has 3 aromatic heterocycles. The Morgan fingerprint density at radius 2 is 1.96 bits per heavy atom. The third-order valence-electron chi connectivity index (χ3n) is 3.89. The predicted molar refractivity (Wildman–Crippen MR) is 101 cm³/mol. The number of imidazole rings is 1. The van der Waals surface area contributed by atoms with Crippen LogP contribution in [0.15, 0.2) is 47.8 Å². The summed E-state index contributed by atoms with van der Waals surface area (Å²) in [4.78, 5) is 25.0. The molecule has 4 rings (SSSR count). The molecule has 27 heavy (non-hydrogen) atoms. The second kappa shape index (κ2) is 6.71. The SMILES string of the molecule is N#Cc1nc(NC(=O)c2cc(-c3cccs3)nc3ccccc23)[nH]c1C#N. The van der Waals surface area contributed by atoms with E-state index in [0.29, 0.717) is 22.2 Å². The van der Waals surface area contributed by atoms with Crippen molar-refractivity contribution in [1.82, 2.24) is 15.0 Å². The lowest BCUT2D eigenvalue weighted by atomic mass is 10.1. The fourth-order valence-electron chi connectivity index (χ4n) is 2.68. The average molecular weight is 370 g/mol. The number of carbonyl (C=O) groups excluding carboxylic acids is 1. The van der Waals surface area contributed by atoms with Crippen LogP contribution in [0.4, 0.5) is 5.95 Å². The van der Waals surface area contributed by atoms with E-state index < -0.39 is 5.91 Å². The molecule has 0 aliphatic carbocycles. The summed E-state index contributed by atoms with van der Waals surface area (Å²) in [6.07, 6.45) is 0. The molecule has 0 saturated heterocycles. The van der Waals surface area contributed by atoms with Crippen LogP contribution in [0.3, 0.4) is 0 Å². The van der Waals surface area contributed by atoms with Crippen molar-refractivity contribution < 1.29 is 4.79 Å². The number of amides is 1. The first-order chi connectivity index (χ1) is 13.2. The van der Waals surface area contributed by atoms with Crippen LogP contribution in [0, 0.1) is 22.7 Å². The number of aromatic amines is 1. The van der Waals surface area contributed by atoms with Gasteiger partial charge in [0, 0.05) is 5.39 Å². The second-order valence-corrected chi connectivity index (χ2v) is 6.48. The molecule has 1 amide bonds. The third kappa shape index (κ3) is 3.01. The number of para-hydroxylation sites is 1. The molecular weight excluding hydrogens is 360 g/mol. The van der Waals surface area contributed by atoms with Crippen LogP contribution in [0.1, 0.15) is 21.7 Å². The van der Waals surface area contributed by atoms with Gasteiger partial charge in [0.25, 0.3) is 5.91 Å². The monoisotopic (exact) mass is 370 g/mol. The van der Waals surface area contributed by atoms with Crippen molar-refractivity contribution in [1.29, 1.82) is 10.5 Å². The number of aromatic nitrogens is 3. The first kappa shape index (κ1) is 16.5. The summed E-state index contributed by atoms with van der Waals surface area (Å²) < 4.78 is 0. The number of nitriles is 2. The number of rotatable bonds is 3. The maximum atomic E-state index is 12.9. The quantitative estimate of drug-likeness (QED) is 0.570. The Bertz CT molecular complexity index is 1210. The van der Waals surface area contributed by atoms with Gasteiger partial charge in [0.15, 0.2) is 11.4 Å². The van der Waals surface area contributed by atoms with E-state index in [9.17, 15) is 4.79 Å². The third-order valence-corrected chi connectivity index (χ3v) is 4.78. The molecule has 0 saturated carbocycles. The number of carbonyl (C=O) groups is 1. The molecule has 0 bridgehead atoms. The Morgan fingerprint density at radius 1 is 1.11 bits per heavy atom. The zero-order chi connectivity index (χ0) is 18.8. The number of anilines is 1. The van der Waals surface area contributed by atoms with Gasteiger partial charge < -0.3 is 4.98 Å². The van der Waals surface area contributed by atoms with Crippen molar-refractivity contribution in [2.75, 3.05) is 5.32 Å². The van der Waals surface area contributed by atoms with Crippen molar-refractivity contribution in [3.8, 4) is 22.7 Å². The van der Waals surface area contributed by atoms with Crippen molar-refractivity contribution in [3.05, 3.63) is 64.8 Å². The molecule has 1 aromatic carbocycles. The van der Waals surface area contributed by atoms with Gasteiger partial charge in [-0.1, -0.05) is 24.3 Å². The fourth-order valence-corrected chi connectivity index (χ4v) is 3.37. The maximum absolute atomic E-state index is 12.9. The molecule has 0 aliphatic rings. The molecule has 0 aliphatic heterocycles. The number of hydrogen-bond acceptors (Lipinski definition) is 6. The van der Waals surface area contributed by atoms with E-state index in [-0.39, 0.29) is 17.3 Å². The van der Waals surface area contributed by atoms with E-state index in [2.05, 4.69) is 20.3 Å². The lowest BCUT2D eigenvalue weighted by Gasteiger charge is -2.08. The van der Waals surface area contributed by atoms with Gasteiger partial charge in [-0.25, -0.2) is 9.97 Å². The molecule has 128 valence electrons.